The molecule has 1 aromatic heterocycles. The van der Waals surface area contributed by atoms with E-state index in [0.29, 0.717) is 0 Å². The summed E-state index contributed by atoms with van der Waals surface area (Å²) in [5.74, 6) is -0.972. The van der Waals surface area contributed by atoms with Gasteiger partial charge in [0.15, 0.2) is 0 Å². The van der Waals surface area contributed by atoms with Gasteiger partial charge in [0.2, 0.25) is 17.7 Å². The van der Waals surface area contributed by atoms with Crippen LogP contribution in [-0.4, -0.2) is 57.4 Å². The third-order valence-corrected chi connectivity index (χ3v) is 8.52. The van der Waals surface area contributed by atoms with Crippen molar-refractivity contribution in [1.29, 1.82) is 0 Å². The lowest BCUT2D eigenvalue weighted by Crippen LogP contribution is -2.58. The molecule has 0 aliphatic carbocycles. The van der Waals surface area contributed by atoms with Crippen molar-refractivity contribution in [2.75, 3.05) is 6.54 Å². The largest absolute Gasteiger partial charge is 0.391 e. The second-order valence-corrected chi connectivity index (χ2v) is 12.9. The SMILES string of the molecule is Cc1ccc(CC(=O)N[C@H](C(=O)N2C[C@H](O)C[C@H]2C(=O)N[C@@H](C)c2ccc(-c3scnc3C)cc2)C(C)(C)C)cc1. The fraction of sp³-hybridized carbons (Fsp3) is 0.438. The van der Waals surface area contributed by atoms with Gasteiger partial charge in [-0.2, -0.15) is 0 Å². The van der Waals surface area contributed by atoms with Gasteiger partial charge in [-0.15, -0.1) is 11.3 Å². The fourth-order valence-electron chi connectivity index (χ4n) is 5.12. The Morgan fingerprint density at radius 3 is 2.29 bits per heavy atom. The summed E-state index contributed by atoms with van der Waals surface area (Å²) >= 11 is 1.59. The standard InChI is InChI=1S/C32H40N4O4S/c1-19-7-9-22(10-8-19)15-27(38)35-29(32(4,5)6)31(40)36-17-25(37)16-26(36)30(39)34-20(2)23-11-13-24(14-12-23)28-21(3)33-18-41-28/h7-14,18,20,25-26,29,37H,15-17H2,1-6H3,(H,34,39)(H,35,38)/t20-,25+,26-,29+/m0/s1. The summed E-state index contributed by atoms with van der Waals surface area (Å²) in [6.45, 7) is 11.5. The van der Waals surface area contributed by atoms with Crippen molar-refractivity contribution >= 4 is 29.1 Å². The summed E-state index contributed by atoms with van der Waals surface area (Å²) in [6.07, 6.45) is -0.538. The van der Waals surface area contributed by atoms with E-state index >= 15 is 0 Å². The van der Waals surface area contributed by atoms with E-state index in [2.05, 4.69) is 15.6 Å². The molecule has 9 heteroatoms. The predicted octanol–water partition coefficient (Wildman–Crippen LogP) is 4.34. The van der Waals surface area contributed by atoms with Gasteiger partial charge in [0, 0.05) is 13.0 Å². The maximum atomic E-state index is 13.8. The predicted molar refractivity (Wildman–Crippen MR) is 161 cm³/mol. The van der Waals surface area contributed by atoms with Gasteiger partial charge in [0.25, 0.3) is 0 Å². The zero-order valence-electron chi connectivity index (χ0n) is 24.6. The molecule has 0 bridgehead atoms. The van der Waals surface area contributed by atoms with Crippen molar-refractivity contribution < 1.29 is 19.5 Å². The molecule has 4 atom stereocenters. The van der Waals surface area contributed by atoms with Crippen LogP contribution in [0.3, 0.4) is 0 Å². The number of amides is 3. The summed E-state index contributed by atoms with van der Waals surface area (Å²) in [4.78, 5) is 47.1. The minimum absolute atomic E-state index is 0.0363. The summed E-state index contributed by atoms with van der Waals surface area (Å²) in [5.41, 5.74) is 6.15. The number of hydrogen-bond donors (Lipinski definition) is 3. The van der Waals surface area contributed by atoms with Crippen molar-refractivity contribution in [3.8, 4) is 10.4 Å². The summed E-state index contributed by atoms with van der Waals surface area (Å²) in [7, 11) is 0. The number of carbonyl (C=O) groups excluding carboxylic acids is 3. The number of aliphatic hydroxyl groups is 1. The molecule has 0 spiro atoms. The molecule has 4 rings (SSSR count). The lowest BCUT2D eigenvalue weighted by Gasteiger charge is -2.35. The molecular formula is C32H40N4O4S. The first-order chi connectivity index (χ1) is 19.3. The van der Waals surface area contributed by atoms with Gasteiger partial charge in [-0.1, -0.05) is 74.9 Å². The summed E-state index contributed by atoms with van der Waals surface area (Å²) in [5, 5.41) is 16.4. The minimum atomic E-state index is -0.860. The van der Waals surface area contributed by atoms with Crippen LogP contribution in [0.5, 0.6) is 0 Å². The van der Waals surface area contributed by atoms with Crippen LogP contribution in [-0.2, 0) is 20.8 Å². The molecule has 2 aromatic carbocycles. The van der Waals surface area contributed by atoms with Crippen molar-refractivity contribution in [2.24, 2.45) is 5.41 Å². The van der Waals surface area contributed by atoms with Gasteiger partial charge in [-0.3, -0.25) is 14.4 Å². The van der Waals surface area contributed by atoms with E-state index in [1.165, 1.54) is 4.90 Å². The average Bonchev–Trinajstić information content (AvgIpc) is 3.53. The van der Waals surface area contributed by atoms with Crippen molar-refractivity contribution in [3.05, 3.63) is 76.4 Å². The van der Waals surface area contributed by atoms with Crippen molar-refractivity contribution in [1.82, 2.24) is 20.5 Å². The van der Waals surface area contributed by atoms with Crippen LogP contribution >= 0.6 is 11.3 Å². The first-order valence-corrected chi connectivity index (χ1v) is 14.9. The first-order valence-electron chi connectivity index (χ1n) is 14.0. The number of likely N-dealkylation sites (tertiary alicyclic amines) is 1. The van der Waals surface area contributed by atoms with Crippen LogP contribution in [0.1, 0.15) is 62.5 Å². The van der Waals surface area contributed by atoms with E-state index in [1.807, 2.05) is 95.6 Å². The monoisotopic (exact) mass is 576 g/mol. The van der Waals surface area contributed by atoms with Crippen LogP contribution in [0, 0.1) is 19.3 Å². The summed E-state index contributed by atoms with van der Waals surface area (Å²) in [6, 6.07) is 13.7. The number of β-amino-alcohol motifs (C(OH)–C–C–N with tert-alkyl or cyclic N) is 1. The molecule has 2 heterocycles. The number of thiazole rings is 1. The van der Waals surface area contributed by atoms with Crippen molar-refractivity contribution in [3.63, 3.8) is 0 Å². The van der Waals surface area contributed by atoms with E-state index in [0.717, 1.165) is 32.8 Å². The van der Waals surface area contributed by atoms with Gasteiger partial charge < -0.3 is 20.6 Å². The second kappa shape index (κ2) is 12.5. The third kappa shape index (κ3) is 7.40. The molecule has 218 valence electrons. The Bertz CT molecular complexity index is 1380. The van der Waals surface area contributed by atoms with Crippen LogP contribution in [0.15, 0.2) is 54.0 Å². The number of aliphatic hydroxyl groups excluding tert-OH is 1. The number of nitrogens with zero attached hydrogens (tertiary/aromatic N) is 2. The molecule has 1 aliphatic heterocycles. The molecule has 1 fully saturated rings. The van der Waals surface area contributed by atoms with E-state index in [-0.39, 0.29) is 43.1 Å². The molecular weight excluding hydrogens is 536 g/mol. The highest BCUT2D eigenvalue weighted by atomic mass is 32.1. The van der Waals surface area contributed by atoms with E-state index in [1.54, 1.807) is 11.3 Å². The molecule has 1 saturated heterocycles. The van der Waals surface area contributed by atoms with E-state index in [4.69, 9.17) is 0 Å². The van der Waals surface area contributed by atoms with Crippen LogP contribution in [0.4, 0.5) is 0 Å². The van der Waals surface area contributed by atoms with Gasteiger partial charge in [0.1, 0.15) is 12.1 Å². The topological polar surface area (TPSA) is 112 Å². The smallest absolute Gasteiger partial charge is 0.246 e. The number of aryl methyl sites for hydroxylation is 2. The van der Waals surface area contributed by atoms with E-state index < -0.39 is 23.6 Å². The molecule has 0 radical (unpaired) electrons. The molecule has 8 nitrogen and oxygen atoms in total. The second-order valence-electron chi connectivity index (χ2n) is 12.0. The van der Waals surface area contributed by atoms with Crippen LogP contribution in [0.2, 0.25) is 0 Å². The molecule has 0 saturated carbocycles. The number of aromatic nitrogens is 1. The zero-order valence-corrected chi connectivity index (χ0v) is 25.4. The van der Waals surface area contributed by atoms with Crippen LogP contribution < -0.4 is 10.6 Å². The Balaban J connectivity index is 1.44. The minimum Gasteiger partial charge on any atom is -0.391 e. The maximum absolute atomic E-state index is 13.8. The van der Waals surface area contributed by atoms with E-state index in [9.17, 15) is 19.5 Å². The highest BCUT2D eigenvalue weighted by molar-refractivity contribution is 7.13. The van der Waals surface area contributed by atoms with Crippen LogP contribution in [0.25, 0.3) is 10.4 Å². The molecule has 41 heavy (non-hydrogen) atoms. The quantitative estimate of drug-likeness (QED) is 0.370. The average molecular weight is 577 g/mol. The number of hydrogen-bond acceptors (Lipinski definition) is 6. The van der Waals surface area contributed by atoms with Gasteiger partial charge in [-0.05, 0) is 42.9 Å². The first kappa shape index (κ1) is 30.4. The highest BCUT2D eigenvalue weighted by Crippen LogP contribution is 2.29. The Labute approximate surface area is 246 Å². The van der Waals surface area contributed by atoms with Crippen molar-refractivity contribution in [2.45, 2.75) is 78.6 Å². The lowest BCUT2D eigenvalue weighted by atomic mass is 9.85. The molecule has 3 N–H and O–H groups in total. The van der Waals surface area contributed by atoms with Gasteiger partial charge in [-0.25, -0.2) is 4.98 Å². The third-order valence-electron chi connectivity index (χ3n) is 7.55. The number of carbonyl (C=O) groups is 3. The Morgan fingerprint density at radius 1 is 1.05 bits per heavy atom. The molecule has 3 amide bonds. The highest BCUT2D eigenvalue weighted by Gasteiger charge is 2.44. The number of benzene rings is 2. The number of rotatable bonds is 8. The Hall–Kier alpha value is -3.56. The van der Waals surface area contributed by atoms with Gasteiger partial charge in [0.05, 0.1) is 34.6 Å². The zero-order chi connectivity index (χ0) is 29.9. The maximum Gasteiger partial charge on any atom is 0.246 e. The van der Waals surface area contributed by atoms with Gasteiger partial charge >= 0.3 is 0 Å². The summed E-state index contributed by atoms with van der Waals surface area (Å²) < 4.78 is 0. The molecule has 1 aliphatic rings. The number of nitrogens with one attached hydrogen (secondary N) is 2. The Morgan fingerprint density at radius 2 is 1.71 bits per heavy atom. The normalized spacial score (nSPS) is 18.6. The fourth-order valence-corrected chi connectivity index (χ4v) is 5.93. The molecule has 3 aromatic rings. The Kier molecular flexibility index (Phi) is 9.29. The lowest BCUT2D eigenvalue weighted by molar-refractivity contribution is -0.144. The molecule has 0 unspecified atom stereocenters.